The van der Waals surface area contributed by atoms with E-state index in [9.17, 15) is 4.79 Å². The molecule has 3 rings (SSSR count). The van der Waals surface area contributed by atoms with Crippen LogP contribution in [0.3, 0.4) is 0 Å². The van der Waals surface area contributed by atoms with E-state index in [-0.39, 0.29) is 24.7 Å². The Balaban J connectivity index is 1.62. The van der Waals surface area contributed by atoms with E-state index in [1.807, 2.05) is 10.4 Å². The van der Waals surface area contributed by atoms with E-state index in [2.05, 4.69) is 15.3 Å². The summed E-state index contributed by atoms with van der Waals surface area (Å²) < 4.78 is 10.9. The molecule has 0 aliphatic carbocycles. The highest BCUT2D eigenvalue weighted by molar-refractivity contribution is 7.07. The minimum absolute atomic E-state index is 0.0891. The molecule has 3 heterocycles. The third-order valence-electron chi connectivity index (χ3n) is 4.45. The van der Waals surface area contributed by atoms with Crippen molar-refractivity contribution in [3.05, 3.63) is 16.6 Å². The summed E-state index contributed by atoms with van der Waals surface area (Å²) in [6.07, 6.45) is 2.06. The highest BCUT2D eigenvalue weighted by Crippen LogP contribution is 2.25. The van der Waals surface area contributed by atoms with E-state index in [0.717, 1.165) is 38.2 Å². The SMILES string of the molecule is COCCN1C(=O)CO[C@H]2CCN(Cc3cscn3)CC[C@@H]21. The summed E-state index contributed by atoms with van der Waals surface area (Å²) in [5.41, 5.74) is 3.00. The number of ether oxygens (including phenoxy) is 2. The molecule has 1 aromatic heterocycles. The van der Waals surface area contributed by atoms with E-state index >= 15 is 0 Å². The Morgan fingerprint density at radius 2 is 2.32 bits per heavy atom. The topological polar surface area (TPSA) is 54.9 Å². The summed E-state index contributed by atoms with van der Waals surface area (Å²) in [7, 11) is 1.67. The number of hydrogen-bond acceptors (Lipinski definition) is 6. The number of hydrogen-bond donors (Lipinski definition) is 0. The van der Waals surface area contributed by atoms with Gasteiger partial charge in [0, 0.05) is 38.7 Å². The van der Waals surface area contributed by atoms with Crippen LogP contribution in [0.15, 0.2) is 10.9 Å². The van der Waals surface area contributed by atoms with Crippen LogP contribution in [0.4, 0.5) is 0 Å². The summed E-state index contributed by atoms with van der Waals surface area (Å²) >= 11 is 1.63. The molecule has 2 aliphatic rings. The predicted octanol–water partition coefficient (Wildman–Crippen LogP) is 0.981. The molecule has 2 atom stereocenters. The molecule has 2 aliphatic heterocycles. The monoisotopic (exact) mass is 325 g/mol. The minimum Gasteiger partial charge on any atom is -0.383 e. The van der Waals surface area contributed by atoms with Gasteiger partial charge in [-0.15, -0.1) is 11.3 Å². The molecule has 1 aromatic rings. The number of carbonyl (C=O) groups is 1. The van der Waals surface area contributed by atoms with Gasteiger partial charge in [-0.2, -0.15) is 0 Å². The van der Waals surface area contributed by atoms with Crippen LogP contribution in [-0.4, -0.2) is 72.8 Å². The maximum Gasteiger partial charge on any atom is 0.249 e. The number of likely N-dealkylation sites (tertiary alicyclic amines) is 1. The average molecular weight is 325 g/mol. The number of fused-ring (bicyclic) bond motifs is 1. The predicted molar refractivity (Wildman–Crippen MR) is 83.7 cm³/mol. The van der Waals surface area contributed by atoms with Gasteiger partial charge in [0.2, 0.25) is 5.91 Å². The Bertz CT molecular complexity index is 482. The number of methoxy groups -OCH3 is 1. The van der Waals surface area contributed by atoms with Gasteiger partial charge >= 0.3 is 0 Å². The van der Waals surface area contributed by atoms with Gasteiger partial charge < -0.3 is 14.4 Å². The molecular formula is C15H23N3O3S. The van der Waals surface area contributed by atoms with Crippen molar-refractivity contribution in [1.82, 2.24) is 14.8 Å². The fraction of sp³-hybridized carbons (Fsp3) is 0.733. The zero-order valence-corrected chi connectivity index (χ0v) is 13.8. The lowest BCUT2D eigenvalue weighted by molar-refractivity contribution is -0.158. The number of carbonyl (C=O) groups excluding carboxylic acids is 1. The van der Waals surface area contributed by atoms with Crippen LogP contribution in [0.1, 0.15) is 18.5 Å². The van der Waals surface area contributed by atoms with E-state index in [1.165, 1.54) is 0 Å². The first-order chi connectivity index (χ1) is 10.8. The van der Waals surface area contributed by atoms with Gasteiger partial charge in [0.05, 0.1) is 30.0 Å². The van der Waals surface area contributed by atoms with Crippen molar-refractivity contribution in [1.29, 1.82) is 0 Å². The normalized spacial score (nSPS) is 26.8. The molecule has 22 heavy (non-hydrogen) atoms. The van der Waals surface area contributed by atoms with Crippen LogP contribution in [-0.2, 0) is 20.8 Å². The minimum atomic E-state index is 0.0891. The molecule has 2 fully saturated rings. The van der Waals surface area contributed by atoms with Crippen molar-refractivity contribution < 1.29 is 14.3 Å². The Kier molecular flexibility index (Phi) is 5.41. The average Bonchev–Trinajstić information content (AvgIpc) is 2.94. The van der Waals surface area contributed by atoms with Gasteiger partial charge in [-0.25, -0.2) is 4.98 Å². The maximum atomic E-state index is 12.1. The Morgan fingerprint density at radius 1 is 1.45 bits per heavy atom. The molecule has 122 valence electrons. The van der Waals surface area contributed by atoms with Crippen LogP contribution in [0.25, 0.3) is 0 Å². The van der Waals surface area contributed by atoms with Crippen molar-refractivity contribution in [3.8, 4) is 0 Å². The summed E-state index contributed by atoms with van der Waals surface area (Å²) in [5, 5.41) is 2.10. The summed E-state index contributed by atoms with van der Waals surface area (Å²) in [5.74, 6) is 0.0891. The zero-order chi connectivity index (χ0) is 15.4. The summed E-state index contributed by atoms with van der Waals surface area (Å²) in [4.78, 5) is 20.9. The highest BCUT2D eigenvalue weighted by Gasteiger charge is 2.38. The third-order valence-corrected chi connectivity index (χ3v) is 5.08. The molecule has 2 saturated heterocycles. The standard InChI is InChI=1S/C15H23N3O3S/c1-20-7-6-18-13-2-4-17(8-12-10-22-11-16-12)5-3-14(13)21-9-15(18)19/h10-11,13-14H,2-9H2,1H3/t13-,14-/m0/s1. The first kappa shape index (κ1) is 15.9. The van der Waals surface area contributed by atoms with Crippen LogP contribution in [0.5, 0.6) is 0 Å². The van der Waals surface area contributed by atoms with Crippen molar-refractivity contribution in [3.63, 3.8) is 0 Å². The smallest absolute Gasteiger partial charge is 0.249 e. The van der Waals surface area contributed by atoms with Gasteiger partial charge in [0.15, 0.2) is 0 Å². The molecule has 0 unspecified atom stereocenters. The second-order valence-corrected chi connectivity index (χ2v) is 6.55. The van der Waals surface area contributed by atoms with Crippen molar-refractivity contribution in [2.45, 2.75) is 31.5 Å². The van der Waals surface area contributed by atoms with E-state index in [0.29, 0.717) is 13.2 Å². The van der Waals surface area contributed by atoms with E-state index in [4.69, 9.17) is 9.47 Å². The molecular weight excluding hydrogens is 302 g/mol. The Morgan fingerprint density at radius 3 is 3.09 bits per heavy atom. The van der Waals surface area contributed by atoms with Crippen LogP contribution >= 0.6 is 11.3 Å². The zero-order valence-electron chi connectivity index (χ0n) is 12.9. The first-order valence-corrected chi connectivity index (χ1v) is 8.71. The van der Waals surface area contributed by atoms with Crippen molar-refractivity contribution in [2.24, 2.45) is 0 Å². The van der Waals surface area contributed by atoms with Crippen molar-refractivity contribution >= 4 is 17.2 Å². The lowest BCUT2D eigenvalue weighted by Crippen LogP contribution is -2.55. The molecule has 0 radical (unpaired) electrons. The number of aromatic nitrogens is 1. The molecule has 0 saturated carbocycles. The lowest BCUT2D eigenvalue weighted by atomic mass is 10.0. The van der Waals surface area contributed by atoms with Gasteiger partial charge in [-0.05, 0) is 12.8 Å². The highest BCUT2D eigenvalue weighted by atomic mass is 32.1. The molecule has 0 N–H and O–H groups in total. The number of rotatable bonds is 5. The van der Waals surface area contributed by atoms with Gasteiger partial charge in [0.1, 0.15) is 6.61 Å². The fourth-order valence-electron chi connectivity index (χ4n) is 3.29. The van der Waals surface area contributed by atoms with Crippen LogP contribution in [0, 0.1) is 0 Å². The summed E-state index contributed by atoms with van der Waals surface area (Å²) in [6.45, 7) is 4.29. The molecule has 6 nitrogen and oxygen atoms in total. The Labute approximate surface area is 135 Å². The van der Waals surface area contributed by atoms with Gasteiger partial charge in [0.25, 0.3) is 0 Å². The molecule has 0 bridgehead atoms. The molecule has 7 heteroatoms. The number of morpholine rings is 1. The van der Waals surface area contributed by atoms with Crippen LogP contribution in [0.2, 0.25) is 0 Å². The van der Waals surface area contributed by atoms with E-state index < -0.39 is 0 Å². The Hall–Kier alpha value is -1.02. The number of nitrogens with zero attached hydrogens (tertiary/aromatic N) is 3. The van der Waals surface area contributed by atoms with E-state index in [1.54, 1.807) is 18.4 Å². The largest absolute Gasteiger partial charge is 0.383 e. The maximum absolute atomic E-state index is 12.1. The first-order valence-electron chi connectivity index (χ1n) is 7.77. The molecule has 0 spiro atoms. The second kappa shape index (κ2) is 7.50. The molecule has 0 aromatic carbocycles. The number of amides is 1. The summed E-state index contributed by atoms with van der Waals surface area (Å²) in [6, 6.07) is 0.178. The third kappa shape index (κ3) is 3.65. The van der Waals surface area contributed by atoms with Gasteiger partial charge in [-0.3, -0.25) is 9.69 Å². The number of thiazole rings is 1. The quantitative estimate of drug-likeness (QED) is 0.808. The second-order valence-electron chi connectivity index (χ2n) is 5.83. The fourth-order valence-corrected chi connectivity index (χ4v) is 3.84. The molecule has 1 amide bonds. The van der Waals surface area contributed by atoms with Crippen LogP contribution < -0.4 is 0 Å². The van der Waals surface area contributed by atoms with Crippen molar-refractivity contribution in [2.75, 3.05) is 40.0 Å². The van der Waals surface area contributed by atoms with Gasteiger partial charge in [-0.1, -0.05) is 0 Å². The lowest BCUT2D eigenvalue weighted by Gasteiger charge is -2.40.